The van der Waals surface area contributed by atoms with Crippen LogP contribution in [0.5, 0.6) is 11.5 Å². The molecule has 160 valence electrons. The van der Waals surface area contributed by atoms with Gasteiger partial charge in [0.25, 0.3) is 0 Å². The zero-order chi connectivity index (χ0) is 21.5. The lowest BCUT2D eigenvalue weighted by Crippen LogP contribution is -2.26. The van der Waals surface area contributed by atoms with E-state index >= 15 is 0 Å². The molecule has 0 spiro atoms. The molecule has 1 N–H and O–H groups in total. The second kappa shape index (κ2) is 10.3. The topological polar surface area (TPSA) is 62.9 Å². The highest BCUT2D eigenvalue weighted by Crippen LogP contribution is 2.29. The minimum atomic E-state index is -0.101. The molecular formula is C25H31NO4. The molecule has 1 heterocycles. The molecule has 30 heavy (non-hydrogen) atoms. The van der Waals surface area contributed by atoms with Gasteiger partial charge in [-0.2, -0.15) is 0 Å². The van der Waals surface area contributed by atoms with Gasteiger partial charge in [-0.1, -0.05) is 38.8 Å². The van der Waals surface area contributed by atoms with Crippen LogP contribution in [0.3, 0.4) is 0 Å². The van der Waals surface area contributed by atoms with E-state index in [0.29, 0.717) is 28.6 Å². The minimum Gasteiger partial charge on any atom is -0.507 e. The summed E-state index contributed by atoms with van der Waals surface area (Å²) in [7, 11) is 1.61. The first-order chi connectivity index (χ1) is 14.6. The van der Waals surface area contributed by atoms with Gasteiger partial charge >= 0.3 is 0 Å². The summed E-state index contributed by atoms with van der Waals surface area (Å²) < 4.78 is 11.1. The molecule has 0 saturated carbocycles. The minimum absolute atomic E-state index is 0.101. The van der Waals surface area contributed by atoms with Gasteiger partial charge in [0, 0.05) is 6.54 Å². The van der Waals surface area contributed by atoms with Crippen LogP contribution < -0.4 is 10.2 Å². The molecule has 0 aliphatic carbocycles. The Balaban J connectivity index is 2.00. The van der Waals surface area contributed by atoms with E-state index in [1.807, 2.05) is 24.3 Å². The lowest BCUT2D eigenvalue weighted by Gasteiger charge is -2.23. The van der Waals surface area contributed by atoms with Crippen molar-refractivity contribution in [1.82, 2.24) is 4.90 Å². The number of ether oxygens (including phenoxy) is 1. The van der Waals surface area contributed by atoms with E-state index in [4.69, 9.17) is 9.15 Å². The van der Waals surface area contributed by atoms with Crippen LogP contribution in [0, 0.1) is 0 Å². The van der Waals surface area contributed by atoms with Crippen molar-refractivity contribution in [2.45, 2.75) is 46.1 Å². The molecule has 0 unspecified atom stereocenters. The first-order valence-corrected chi connectivity index (χ1v) is 10.7. The monoisotopic (exact) mass is 409 g/mol. The highest BCUT2D eigenvalue weighted by molar-refractivity contribution is 5.85. The van der Waals surface area contributed by atoms with E-state index in [-0.39, 0.29) is 11.2 Å². The standard InChI is InChI=1S/C25H31NO4/c1-4-6-14-26(15-7-5-2)16-21-23(27)13-12-20-24(28)22(17-30-25(20)21)18-8-10-19(29-3)11-9-18/h8-13,17,27H,4-7,14-16H2,1-3H3. The average molecular weight is 410 g/mol. The van der Waals surface area contributed by atoms with Gasteiger partial charge < -0.3 is 14.3 Å². The van der Waals surface area contributed by atoms with Crippen molar-refractivity contribution in [3.63, 3.8) is 0 Å². The molecule has 5 nitrogen and oxygen atoms in total. The summed E-state index contributed by atoms with van der Waals surface area (Å²) >= 11 is 0. The number of fused-ring (bicyclic) bond motifs is 1. The lowest BCUT2D eigenvalue weighted by atomic mass is 10.0. The van der Waals surface area contributed by atoms with E-state index in [9.17, 15) is 9.90 Å². The number of aromatic hydroxyl groups is 1. The number of nitrogens with zero attached hydrogens (tertiary/aromatic N) is 1. The molecule has 1 aromatic heterocycles. The van der Waals surface area contributed by atoms with Crippen LogP contribution in [0.1, 0.15) is 45.1 Å². The Morgan fingerprint density at radius 1 is 1.00 bits per heavy atom. The third-order valence-corrected chi connectivity index (χ3v) is 5.46. The molecule has 3 aromatic rings. The van der Waals surface area contributed by atoms with Gasteiger partial charge in [-0.05, 0) is 55.8 Å². The highest BCUT2D eigenvalue weighted by Gasteiger charge is 2.17. The molecular weight excluding hydrogens is 378 g/mol. The van der Waals surface area contributed by atoms with Gasteiger partial charge in [-0.15, -0.1) is 0 Å². The molecule has 5 heteroatoms. The van der Waals surface area contributed by atoms with Gasteiger partial charge in [-0.25, -0.2) is 0 Å². The first-order valence-electron chi connectivity index (χ1n) is 10.7. The van der Waals surface area contributed by atoms with E-state index in [0.717, 1.165) is 50.1 Å². The maximum atomic E-state index is 13.2. The zero-order valence-corrected chi connectivity index (χ0v) is 18.1. The number of phenols is 1. The third kappa shape index (κ3) is 4.85. The number of phenolic OH excluding ortho intramolecular Hbond substituents is 1. The van der Waals surface area contributed by atoms with Crippen molar-refractivity contribution < 1.29 is 14.3 Å². The molecule has 2 aromatic carbocycles. The van der Waals surface area contributed by atoms with Gasteiger partial charge in [0.1, 0.15) is 23.3 Å². The largest absolute Gasteiger partial charge is 0.507 e. The highest BCUT2D eigenvalue weighted by atomic mass is 16.5. The fourth-order valence-corrected chi connectivity index (χ4v) is 3.63. The number of methoxy groups -OCH3 is 1. The predicted molar refractivity (Wildman–Crippen MR) is 121 cm³/mol. The Morgan fingerprint density at radius 2 is 1.67 bits per heavy atom. The summed E-state index contributed by atoms with van der Waals surface area (Å²) in [6.07, 6.45) is 5.92. The number of unbranched alkanes of at least 4 members (excludes halogenated alkanes) is 2. The van der Waals surface area contributed by atoms with Crippen molar-refractivity contribution in [1.29, 1.82) is 0 Å². The molecule has 0 bridgehead atoms. The number of benzene rings is 2. The first kappa shape index (κ1) is 21.9. The summed E-state index contributed by atoms with van der Waals surface area (Å²) in [6, 6.07) is 10.6. The van der Waals surface area contributed by atoms with E-state index in [1.165, 1.54) is 6.26 Å². The van der Waals surface area contributed by atoms with Gasteiger partial charge in [-0.3, -0.25) is 9.69 Å². The Labute approximate surface area is 177 Å². The fraction of sp³-hybridized carbons (Fsp3) is 0.400. The maximum Gasteiger partial charge on any atom is 0.200 e. The van der Waals surface area contributed by atoms with Crippen LogP contribution in [-0.2, 0) is 6.54 Å². The molecule has 0 fully saturated rings. The fourth-order valence-electron chi connectivity index (χ4n) is 3.63. The molecule has 0 atom stereocenters. The summed E-state index contributed by atoms with van der Waals surface area (Å²) in [4.78, 5) is 15.5. The summed E-state index contributed by atoms with van der Waals surface area (Å²) in [5, 5.41) is 11.0. The number of hydrogen-bond donors (Lipinski definition) is 1. The summed E-state index contributed by atoms with van der Waals surface area (Å²) in [5.41, 5.74) is 2.31. The van der Waals surface area contributed by atoms with Gasteiger partial charge in [0.15, 0.2) is 0 Å². The van der Waals surface area contributed by atoms with Crippen molar-refractivity contribution >= 4 is 11.0 Å². The van der Waals surface area contributed by atoms with Crippen LogP contribution in [0.4, 0.5) is 0 Å². The van der Waals surface area contributed by atoms with E-state index in [1.54, 1.807) is 19.2 Å². The Kier molecular flexibility index (Phi) is 7.52. The van der Waals surface area contributed by atoms with E-state index in [2.05, 4.69) is 18.7 Å². The molecule has 3 rings (SSSR count). The second-order valence-electron chi connectivity index (χ2n) is 7.63. The summed E-state index contributed by atoms with van der Waals surface area (Å²) in [6.45, 7) is 6.83. The molecule has 0 aliphatic heterocycles. The molecule has 0 aliphatic rings. The van der Waals surface area contributed by atoms with Crippen LogP contribution in [0.2, 0.25) is 0 Å². The maximum absolute atomic E-state index is 13.2. The van der Waals surface area contributed by atoms with Crippen LogP contribution in [0.25, 0.3) is 22.1 Å². The van der Waals surface area contributed by atoms with Crippen molar-refractivity contribution in [2.24, 2.45) is 0 Å². The quantitative estimate of drug-likeness (QED) is 0.474. The van der Waals surface area contributed by atoms with Gasteiger partial charge in [0.2, 0.25) is 5.43 Å². The lowest BCUT2D eigenvalue weighted by molar-refractivity contribution is 0.253. The Morgan fingerprint density at radius 3 is 2.27 bits per heavy atom. The van der Waals surface area contributed by atoms with Crippen molar-refractivity contribution in [3.05, 3.63) is 58.4 Å². The molecule has 0 amide bonds. The zero-order valence-electron chi connectivity index (χ0n) is 18.1. The van der Waals surface area contributed by atoms with Crippen molar-refractivity contribution in [2.75, 3.05) is 20.2 Å². The normalized spacial score (nSPS) is 11.3. The number of hydrogen-bond acceptors (Lipinski definition) is 5. The van der Waals surface area contributed by atoms with Crippen molar-refractivity contribution in [3.8, 4) is 22.6 Å². The average Bonchev–Trinajstić information content (AvgIpc) is 2.77. The third-order valence-electron chi connectivity index (χ3n) is 5.46. The Bertz CT molecular complexity index is 1020. The smallest absolute Gasteiger partial charge is 0.200 e. The molecule has 0 saturated heterocycles. The SMILES string of the molecule is CCCCN(CCCC)Cc1c(O)ccc2c(=O)c(-c3ccc(OC)cc3)coc12. The van der Waals surface area contributed by atoms with Crippen LogP contribution in [0.15, 0.2) is 51.9 Å². The van der Waals surface area contributed by atoms with Crippen LogP contribution >= 0.6 is 0 Å². The van der Waals surface area contributed by atoms with Crippen LogP contribution in [-0.4, -0.2) is 30.2 Å². The summed E-state index contributed by atoms with van der Waals surface area (Å²) in [5.74, 6) is 0.899. The van der Waals surface area contributed by atoms with Gasteiger partial charge in [0.05, 0.1) is 23.6 Å². The predicted octanol–water partition coefficient (Wildman–Crippen LogP) is 5.58. The molecule has 0 radical (unpaired) electrons. The van der Waals surface area contributed by atoms with E-state index < -0.39 is 0 Å². The Hall–Kier alpha value is -2.79. The number of rotatable bonds is 10. The second-order valence-corrected chi connectivity index (χ2v) is 7.63.